The SMILES string of the molecule is CC(c1ccc(F)c(F)c1)N1CCNC(=O)C1CC(=O)O. The zero-order valence-electron chi connectivity index (χ0n) is 11.5. The Labute approximate surface area is 120 Å². The quantitative estimate of drug-likeness (QED) is 0.879. The van der Waals surface area contributed by atoms with Crippen LogP contribution in [0, 0.1) is 11.6 Å². The van der Waals surface area contributed by atoms with E-state index in [1.165, 1.54) is 6.07 Å². The Bertz CT molecular complexity index is 565. The highest BCUT2D eigenvalue weighted by Gasteiger charge is 2.34. The van der Waals surface area contributed by atoms with Gasteiger partial charge in [0, 0.05) is 19.1 Å². The molecule has 1 aromatic rings. The summed E-state index contributed by atoms with van der Waals surface area (Å²) >= 11 is 0. The van der Waals surface area contributed by atoms with E-state index in [2.05, 4.69) is 5.32 Å². The fourth-order valence-electron chi connectivity index (χ4n) is 2.54. The number of nitrogens with zero attached hydrogens (tertiary/aromatic N) is 1. The van der Waals surface area contributed by atoms with Crippen molar-refractivity contribution in [2.45, 2.75) is 25.4 Å². The molecule has 1 heterocycles. The summed E-state index contributed by atoms with van der Waals surface area (Å²) in [4.78, 5) is 24.4. The molecular weight excluding hydrogens is 282 g/mol. The van der Waals surface area contributed by atoms with Gasteiger partial charge in [-0.05, 0) is 24.6 Å². The summed E-state index contributed by atoms with van der Waals surface area (Å²) in [6.45, 7) is 2.58. The first-order valence-electron chi connectivity index (χ1n) is 6.60. The number of carboxylic acids is 1. The van der Waals surface area contributed by atoms with E-state index in [0.717, 1.165) is 12.1 Å². The molecule has 2 unspecified atom stereocenters. The smallest absolute Gasteiger partial charge is 0.305 e. The van der Waals surface area contributed by atoms with E-state index in [1.807, 2.05) is 0 Å². The van der Waals surface area contributed by atoms with Crippen LogP contribution < -0.4 is 5.32 Å². The van der Waals surface area contributed by atoms with Crippen LogP contribution in [-0.4, -0.2) is 41.0 Å². The maximum atomic E-state index is 13.3. The first-order valence-corrected chi connectivity index (χ1v) is 6.60. The molecule has 1 fully saturated rings. The van der Waals surface area contributed by atoms with Gasteiger partial charge in [-0.2, -0.15) is 0 Å². The van der Waals surface area contributed by atoms with Crippen molar-refractivity contribution in [1.29, 1.82) is 0 Å². The van der Waals surface area contributed by atoms with E-state index in [4.69, 9.17) is 5.11 Å². The summed E-state index contributed by atoms with van der Waals surface area (Å²) in [6, 6.07) is 2.32. The first-order chi connectivity index (χ1) is 9.90. The van der Waals surface area contributed by atoms with Crippen LogP contribution >= 0.6 is 0 Å². The number of benzene rings is 1. The highest BCUT2D eigenvalue weighted by molar-refractivity contribution is 5.86. The highest BCUT2D eigenvalue weighted by Crippen LogP contribution is 2.26. The molecule has 21 heavy (non-hydrogen) atoms. The molecule has 5 nitrogen and oxygen atoms in total. The number of carboxylic acid groups (broad SMARTS) is 1. The average Bonchev–Trinajstić information content (AvgIpc) is 2.43. The van der Waals surface area contributed by atoms with Crippen LogP contribution in [0.15, 0.2) is 18.2 Å². The standard InChI is InChI=1S/C14H16F2N2O3/c1-8(9-2-3-10(15)11(16)6-9)18-5-4-17-14(21)12(18)7-13(19)20/h2-3,6,8,12H,4-5,7H2,1H3,(H,17,21)(H,19,20). The maximum absolute atomic E-state index is 13.3. The molecule has 0 bridgehead atoms. The van der Waals surface area contributed by atoms with Gasteiger partial charge < -0.3 is 10.4 Å². The summed E-state index contributed by atoms with van der Waals surface area (Å²) in [5.41, 5.74) is 0.499. The molecule has 1 saturated heterocycles. The minimum absolute atomic E-state index is 0.333. The van der Waals surface area contributed by atoms with Crippen molar-refractivity contribution < 1.29 is 23.5 Å². The molecule has 7 heteroatoms. The van der Waals surface area contributed by atoms with Gasteiger partial charge in [0.25, 0.3) is 0 Å². The van der Waals surface area contributed by atoms with Gasteiger partial charge >= 0.3 is 5.97 Å². The Balaban J connectivity index is 2.25. The fourth-order valence-corrected chi connectivity index (χ4v) is 2.54. The predicted molar refractivity (Wildman–Crippen MR) is 70.5 cm³/mol. The Hall–Kier alpha value is -2.02. The summed E-state index contributed by atoms with van der Waals surface area (Å²) in [7, 11) is 0. The monoisotopic (exact) mass is 298 g/mol. The van der Waals surface area contributed by atoms with Gasteiger partial charge in [-0.15, -0.1) is 0 Å². The third kappa shape index (κ3) is 3.36. The lowest BCUT2D eigenvalue weighted by atomic mass is 10.0. The summed E-state index contributed by atoms with van der Waals surface area (Å²) in [6.07, 6.45) is -0.333. The Kier molecular flexibility index (Phi) is 4.52. The van der Waals surface area contributed by atoms with Crippen LogP contribution in [0.3, 0.4) is 0 Å². The number of amides is 1. The largest absolute Gasteiger partial charge is 0.481 e. The number of hydrogen-bond donors (Lipinski definition) is 2. The molecule has 2 N–H and O–H groups in total. The normalized spacial score (nSPS) is 20.9. The van der Waals surface area contributed by atoms with Crippen LogP contribution in [0.2, 0.25) is 0 Å². The van der Waals surface area contributed by atoms with E-state index in [9.17, 15) is 18.4 Å². The van der Waals surface area contributed by atoms with E-state index in [-0.39, 0.29) is 12.3 Å². The van der Waals surface area contributed by atoms with Crippen molar-refractivity contribution in [3.8, 4) is 0 Å². The molecule has 1 aliphatic heterocycles. The lowest BCUT2D eigenvalue weighted by Crippen LogP contribution is -2.56. The number of rotatable bonds is 4. The minimum Gasteiger partial charge on any atom is -0.481 e. The van der Waals surface area contributed by atoms with Crippen LogP contribution in [0.5, 0.6) is 0 Å². The Morgan fingerprint density at radius 3 is 2.81 bits per heavy atom. The van der Waals surface area contributed by atoms with Crippen molar-refractivity contribution in [3.05, 3.63) is 35.4 Å². The number of nitrogens with one attached hydrogen (secondary N) is 1. The molecule has 0 spiro atoms. The van der Waals surface area contributed by atoms with Gasteiger partial charge in [0.1, 0.15) is 6.04 Å². The Morgan fingerprint density at radius 2 is 2.19 bits per heavy atom. The van der Waals surface area contributed by atoms with Crippen LogP contribution in [0.1, 0.15) is 24.9 Å². The maximum Gasteiger partial charge on any atom is 0.305 e. The fraction of sp³-hybridized carbons (Fsp3) is 0.429. The number of piperazine rings is 1. The summed E-state index contributed by atoms with van der Waals surface area (Å²) in [5, 5.41) is 11.5. The molecule has 1 amide bonds. The summed E-state index contributed by atoms with van der Waals surface area (Å²) < 4.78 is 26.3. The molecule has 1 aliphatic rings. The van der Waals surface area contributed by atoms with Gasteiger partial charge in [0.2, 0.25) is 5.91 Å². The van der Waals surface area contributed by atoms with E-state index < -0.39 is 29.7 Å². The van der Waals surface area contributed by atoms with Gasteiger partial charge in [0.05, 0.1) is 6.42 Å². The molecule has 1 aromatic carbocycles. The molecule has 114 valence electrons. The van der Waals surface area contributed by atoms with E-state index in [1.54, 1.807) is 11.8 Å². The van der Waals surface area contributed by atoms with Gasteiger partial charge in [-0.3, -0.25) is 14.5 Å². The third-order valence-corrected chi connectivity index (χ3v) is 3.66. The lowest BCUT2D eigenvalue weighted by molar-refractivity contribution is -0.143. The molecule has 0 aromatic heterocycles. The number of carbonyl (C=O) groups is 2. The Morgan fingerprint density at radius 1 is 1.48 bits per heavy atom. The van der Waals surface area contributed by atoms with Gasteiger partial charge in [-0.1, -0.05) is 6.07 Å². The van der Waals surface area contributed by atoms with Crippen LogP contribution in [0.4, 0.5) is 8.78 Å². The number of halogens is 2. The van der Waals surface area contributed by atoms with Crippen molar-refractivity contribution >= 4 is 11.9 Å². The second-order valence-electron chi connectivity index (χ2n) is 4.99. The molecule has 0 radical (unpaired) electrons. The zero-order valence-corrected chi connectivity index (χ0v) is 11.5. The molecule has 2 atom stereocenters. The van der Waals surface area contributed by atoms with Crippen molar-refractivity contribution in [2.75, 3.05) is 13.1 Å². The van der Waals surface area contributed by atoms with Crippen molar-refractivity contribution in [3.63, 3.8) is 0 Å². The van der Waals surface area contributed by atoms with Gasteiger partial charge in [-0.25, -0.2) is 8.78 Å². The van der Waals surface area contributed by atoms with Crippen molar-refractivity contribution in [2.24, 2.45) is 0 Å². The van der Waals surface area contributed by atoms with E-state index >= 15 is 0 Å². The van der Waals surface area contributed by atoms with Gasteiger partial charge in [0.15, 0.2) is 11.6 Å². The zero-order chi connectivity index (χ0) is 15.6. The lowest BCUT2D eigenvalue weighted by Gasteiger charge is -2.38. The third-order valence-electron chi connectivity index (χ3n) is 3.66. The minimum atomic E-state index is -1.08. The highest BCUT2D eigenvalue weighted by atomic mass is 19.2. The topological polar surface area (TPSA) is 69.6 Å². The second-order valence-corrected chi connectivity index (χ2v) is 4.99. The second kappa shape index (κ2) is 6.17. The molecular formula is C14H16F2N2O3. The van der Waals surface area contributed by atoms with E-state index in [0.29, 0.717) is 18.7 Å². The molecule has 0 aliphatic carbocycles. The van der Waals surface area contributed by atoms with Crippen LogP contribution in [-0.2, 0) is 9.59 Å². The summed E-state index contributed by atoms with van der Waals surface area (Å²) in [5.74, 6) is -3.35. The number of hydrogen-bond acceptors (Lipinski definition) is 3. The number of carbonyl (C=O) groups excluding carboxylic acids is 1. The molecule has 0 saturated carbocycles. The predicted octanol–water partition coefficient (Wildman–Crippen LogP) is 1.30. The molecule has 2 rings (SSSR count). The van der Waals surface area contributed by atoms with Crippen LogP contribution in [0.25, 0.3) is 0 Å². The first kappa shape index (κ1) is 15.4. The average molecular weight is 298 g/mol. The van der Waals surface area contributed by atoms with Crippen molar-refractivity contribution in [1.82, 2.24) is 10.2 Å². The number of aliphatic carboxylic acids is 1.